The molecular formula is C25H43N9O3. The van der Waals surface area contributed by atoms with Crippen molar-refractivity contribution in [1.29, 1.82) is 15.8 Å². The average Bonchev–Trinajstić information content (AvgIpc) is 2.83. The molecule has 9 N–H and O–H groups in total. The fourth-order valence-corrected chi connectivity index (χ4v) is 4.43. The molecular weight excluding hydrogens is 474 g/mol. The van der Waals surface area contributed by atoms with Crippen LogP contribution in [0, 0.1) is 80.3 Å². The van der Waals surface area contributed by atoms with Crippen molar-refractivity contribution in [3.63, 3.8) is 0 Å². The zero-order chi connectivity index (χ0) is 29.0. The molecule has 12 nitrogen and oxygen atoms in total. The van der Waals surface area contributed by atoms with Crippen LogP contribution >= 0.6 is 0 Å². The van der Waals surface area contributed by atoms with Gasteiger partial charge < -0.3 is 32.8 Å². The van der Waals surface area contributed by atoms with E-state index in [0.717, 1.165) is 0 Å². The lowest BCUT2D eigenvalue weighted by molar-refractivity contribution is 0.241. The highest BCUT2D eigenvalue weighted by Gasteiger charge is 2.35. The van der Waals surface area contributed by atoms with Gasteiger partial charge in [0, 0.05) is 29.6 Å². The molecule has 0 aliphatic carbocycles. The summed E-state index contributed by atoms with van der Waals surface area (Å²) in [5, 5.41) is 66.7. The maximum atomic E-state index is 9.91. The van der Waals surface area contributed by atoms with E-state index in [1.54, 1.807) is 0 Å². The Balaban J connectivity index is 5.92. The van der Waals surface area contributed by atoms with Crippen molar-refractivity contribution in [3.8, 4) is 18.2 Å². The van der Waals surface area contributed by atoms with Gasteiger partial charge in [-0.2, -0.15) is 15.8 Å². The molecule has 0 radical (unpaired) electrons. The van der Waals surface area contributed by atoms with E-state index in [2.05, 4.69) is 33.7 Å². The van der Waals surface area contributed by atoms with Crippen LogP contribution in [0.3, 0.4) is 0 Å². The minimum absolute atomic E-state index is 0.00972. The molecule has 0 aromatic rings. The molecule has 0 aromatic carbocycles. The van der Waals surface area contributed by atoms with Crippen LogP contribution in [0.2, 0.25) is 0 Å². The van der Waals surface area contributed by atoms with Gasteiger partial charge in [-0.1, -0.05) is 57.0 Å². The van der Waals surface area contributed by atoms with Gasteiger partial charge in [0.25, 0.3) is 0 Å². The third-order valence-corrected chi connectivity index (χ3v) is 6.90. The minimum atomic E-state index is -0.656. The van der Waals surface area contributed by atoms with E-state index in [0.29, 0.717) is 0 Å². The molecule has 6 unspecified atom stereocenters. The van der Waals surface area contributed by atoms with E-state index < -0.39 is 40.9 Å². The Hall–Kier alpha value is -3.72. The second-order valence-corrected chi connectivity index (χ2v) is 11.8. The van der Waals surface area contributed by atoms with Gasteiger partial charge in [0.15, 0.2) is 0 Å². The normalized spacial score (nSPS) is 18.4. The molecule has 37 heavy (non-hydrogen) atoms. The molecule has 0 amide bonds. The van der Waals surface area contributed by atoms with Gasteiger partial charge in [0.2, 0.25) is 0 Å². The molecule has 0 saturated heterocycles. The van der Waals surface area contributed by atoms with Gasteiger partial charge >= 0.3 is 0 Å². The summed E-state index contributed by atoms with van der Waals surface area (Å²) in [6.45, 7) is 11.5. The van der Waals surface area contributed by atoms with Crippen LogP contribution < -0.4 is 17.2 Å². The first-order valence-electron chi connectivity index (χ1n) is 12.2. The lowest BCUT2D eigenvalue weighted by Gasteiger charge is -2.32. The van der Waals surface area contributed by atoms with Crippen LogP contribution in [0.4, 0.5) is 0 Å². The standard InChI is InChI=1S/C25H43N9O3/c1-24(2,3)19(14-28)11-18(22(30)33-36)8-15(12-26)7-17(21(29)32-35)9-16(13-27)10-20(23(31)34-37)25(4,5)6/h15-20,35-37H,7-11H2,1-6H3,(H2,29,32)(H2,30,33)(H2,31,34). The molecule has 0 saturated carbocycles. The van der Waals surface area contributed by atoms with E-state index in [1.807, 2.05) is 41.5 Å². The number of oxime groups is 3. The third-order valence-electron chi connectivity index (χ3n) is 6.90. The number of nitrogens with two attached hydrogens (primary N) is 3. The molecule has 0 aliphatic rings. The SMILES string of the molecule is CC(C)(C)C(C#N)CC(CC(C#N)CC(CC(C#N)CC(C(N)=NO)C(C)(C)C)/C(N)=N/O)C(N)=NO. The molecule has 6 atom stereocenters. The summed E-state index contributed by atoms with van der Waals surface area (Å²) in [5.74, 6) is -3.45. The van der Waals surface area contributed by atoms with Gasteiger partial charge in [-0.25, -0.2) is 0 Å². The summed E-state index contributed by atoms with van der Waals surface area (Å²) >= 11 is 0. The zero-order valence-electron chi connectivity index (χ0n) is 22.8. The Bertz CT molecular complexity index is 943. The average molecular weight is 518 g/mol. The largest absolute Gasteiger partial charge is 0.409 e. The Labute approximate surface area is 220 Å². The van der Waals surface area contributed by atoms with Crippen molar-refractivity contribution in [2.75, 3.05) is 0 Å². The molecule has 0 fully saturated rings. The number of hydrogen-bond donors (Lipinski definition) is 6. The van der Waals surface area contributed by atoms with E-state index in [1.165, 1.54) is 0 Å². The highest BCUT2D eigenvalue weighted by atomic mass is 16.4. The van der Waals surface area contributed by atoms with E-state index in [4.69, 9.17) is 17.2 Å². The highest BCUT2D eigenvalue weighted by molar-refractivity contribution is 5.84. The summed E-state index contributed by atoms with van der Waals surface area (Å²) in [6.07, 6.45) is 1.06. The molecule has 0 aliphatic heterocycles. The van der Waals surface area contributed by atoms with Crippen molar-refractivity contribution in [2.45, 2.75) is 73.6 Å². The van der Waals surface area contributed by atoms with Crippen molar-refractivity contribution in [3.05, 3.63) is 0 Å². The van der Waals surface area contributed by atoms with E-state index >= 15 is 0 Å². The lowest BCUT2D eigenvalue weighted by atomic mass is 9.72. The Kier molecular flexibility index (Phi) is 13.3. The molecule has 0 spiro atoms. The summed E-state index contributed by atoms with van der Waals surface area (Å²) in [5.41, 5.74) is 17.0. The van der Waals surface area contributed by atoms with Gasteiger partial charge in [0.05, 0.1) is 24.1 Å². The Morgan fingerprint density at radius 2 is 1.00 bits per heavy atom. The second kappa shape index (κ2) is 14.7. The van der Waals surface area contributed by atoms with E-state index in [9.17, 15) is 31.4 Å². The van der Waals surface area contributed by atoms with Crippen molar-refractivity contribution < 1.29 is 15.6 Å². The molecule has 0 aromatic heterocycles. The van der Waals surface area contributed by atoms with Crippen LogP contribution in [-0.2, 0) is 0 Å². The predicted molar refractivity (Wildman–Crippen MR) is 140 cm³/mol. The summed E-state index contributed by atoms with van der Waals surface area (Å²) in [6, 6.07) is 6.71. The van der Waals surface area contributed by atoms with Gasteiger partial charge in [0.1, 0.15) is 17.5 Å². The maximum Gasteiger partial charge on any atom is 0.142 e. The lowest BCUT2D eigenvalue weighted by Crippen LogP contribution is -2.36. The monoisotopic (exact) mass is 517 g/mol. The van der Waals surface area contributed by atoms with E-state index in [-0.39, 0.29) is 55.0 Å². The molecule has 0 rings (SSSR count). The van der Waals surface area contributed by atoms with Crippen molar-refractivity contribution >= 4 is 17.5 Å². The van der Waals surface area contributed by atoms with Gasteiger partial charge in [-0.15, -0.1) is 0 Å². The fourth-order valence-electron chi connectivity index (χ4n) is 4.43. The van der Waals surface area contributed by atoms with Crippen LogP contribution in [-0.4, -0.2) is 33.1 Å². The van der Waals surface area contributed by atoms with Crippen molar-refractivity contribution in [1.82, 2.24) is 0 Å². The third kappa shape index (κ3) is 10.8. The molecule has 12 heteroatoms. The first-order valence-corrected chi connectivity index (χ1v) is 12.2. The highest BCUT2D eigenvalue weighted by Crippen LogP contribution is 2.36. The van der Waals surface area contributed by atoms with Crippen LogP contribution in [0.25, 0.3) is 0 Å². The van der Waals surface area contributed by atoms with Gasteiger partial charge in [-0.05, 0) is 42.9 Å². The van der Waals surface area contributed by atoms with Crippen LogP contribution in [0.1, 0.15) is 73.6 Å². The quantitative estimate of drug-likeness (QED) is 0.0902. The topological polar surface area (TPSA) is 247 Å². The Morgan fingerprint density at radius 1 is 0.622 bits per heavy atom. The number of rotatable bonds is 13. The number of amidine groups is 3. The predicted octanol–water partition coefficient (Wildman–Crippen LogP) is 3.54. The fraction of sp³-hybridized carbons (Fsp3) is 0.760. The first-order chi connectivity index (χ1) is 17.1. The smallest absolute Gasteiger partial charge is 0.142 e. The van der Waals surface area contributed by atoms with Crippen LogP contribution in [0.15, 0.2) is 15.5 Å². The summed E-state index contributed by atoms with van der Waals surface area (Å²) in [7, 11) is 0. The molecule has 206 valence electrons. The second-order valence-electron chi connectivity index (χ2n) is 11.8. The van der Waals surface area contributed by atoms with Gasteiger partial charge in [-0.3, -0.25) is 0 Å². The number of hydrogen-bond acceptors (Lipinski definition) is 9. The Morgan fingerprint density at radius 3 is 1.30 bits per heavy atom. The molecule has 0 bridgehead atoms. The minimum Gasteiger partial charge on any atom is -0.409 e. The maximum absolute atomic E-state index is 9.91. The summed E-state index contributed by atoms with van der Waals surface area (Å²) < 4.78 is 0. The molecule has 0 heterocycles. The number of nitriles is 3. The first kappa shape index (κ1) is 33.3. The van der Waals surface area contributed by atoms with Crippen molar-refractivity contribution in [2.24, 2.45) is 79.0 Å². The zero-order valence-corrected chi connectivity index (χ0v) is 22.8. The summed E-state index contributed by atoms with van der Waals surface area (Å²) in [4.78, 5) is 0. The number of nitrogens with zero attached hydrogens (tertiary/aromatic N) is 6. The van der Waals surface area contributed by atoms with Crippen LogP contribution in [0.5, 0.6) is 0 Å².